The zero-order chi connectivity index (χ0) is 35.7. The van der Waals surface area contributed by atoms with E-state index in [0.717, 1.165) is 25.7 Å². The number of carbonyl (C=O) groups is 3. The molecule has 0 aromatic rings. The summed E-state index contributed by atoms with van der Waals surface area (Å²) >= 11 is 3.08. The molecular weight excluding hydrogens is 700 g/mol. The van der Waals surface area contributed by atoms with Gasteiger partial charge in [-0.3, -0.25) is 14.4 Å². The van der Waals surface area contributed by atoms with Crippen LogP contribution in [0.4, 0.5) is 0 Å². The first-order valence-electron chi connectivity index (χ1n) is 18.8. The molecule has 13 heteroatoms. The van der Waals surface area contributed by atoms with E-state index in [-0.39, 0.29) is 11.8 Å². The molecule has 12 nitrogen and oxygen atoms in total. The van der Waals surface area contributed by atoms with E-state index in [1.807, 2.05) is 0 Å². The van der Waals surface area contributed by atoms with Gasteiger partial charge in [0.05, 0.1) is 84.6 Å². The van der Waals surface area contributed by atoms with Gasteiger partial charge in [-0.2, -0.15) is 0 Å². The van der Waals surface area contributed by atoms with Gasteiger partial charge in [0.25, 0.3) is 0 Å². The van der Waals surface area contributed by atoms with Crippen molar-refractivity contribution in [2.45, 2.75) is 116 Å². The number of nitrogens with one attached hydrogen (secondary N) is 2. The molecule has 0 spiro atoms. The van der Waals surface area contributed by atoms with Crippen molar-refractivity contribution in [3.8, 4) is 0 Å². The maximum Gasteiger partial charge on any atom is 0.303 e. The number of halogens is 1. The summed E-state index contributed by atoms with van der Waals surface area (Å²) in [5.41, 5.74) is 0. The molecule has 0 saturated carbocycles. The third-order valence-electron chi connectivity index (χ3n) is 7.66. The molecule has 0 aromatic heterocycles. The third kappa shape index (κ3) is 42.7. The number of hydrogen-bond acceptors (Lipinski definition) is 9. The number of carbonyl (C=O) groups excluding carboxylic acids is 2. The summed E-state index contributed by atoms with van der Waals surface area (Å²) in [6, 6.07) is 0. The van der Waals surface area contributed by atoms with Gasteiger partial charge >= 0.3 is 5.97 Å². The molecule has 0 bridgehead atoms. The van der Waals surface area contributed by atoms with Gasteiger partial charge in [-0.15, -0.1) is 0 Å². The molecule has 0 radical (unpaired) electrons. The molecule has 0 aliphatic carbocycles. The van der Waals surface area contributed by atoms with Gasteiger partial charge in [0, 0.05) is 25.9 Å². The molecule has 0 aromatic carbocycles. The van der Waals surface area contributed by atoms with E-state index in [2.05, 4.69) is 26.6 Å². The van der Waals surface area contributed by atoms with Gasteiger partial charge in [0.2, 0.25) is 11.8 Å². The van der Waals surface area contributed by atoms with Crippen LogP contribution in [0.5, 0.6) is 0 Å². The van der Waals surface area contributed by atoms with E-state index in [1.165, 1.54) is 77.0 Å². The zero-order valence-electron chi connectivity index (χ0n) is 30.3. The van der Waals surface area contributed by atoms with Crippen LogP contribution in [-0.2, 0) is 42.8 Å². The van der Waals surface area contributed by atoms with Gasteiger partial charge < -0.3 is 44.2 Å². The molecule has 0 unspecified atom stereocenters. The fourth-order valence-corrected chi connectivity index (χ4v) is 5.10. The number of alkyl halides is 1. The lowest BCUT2D eigenvalue weighted by Crippen LogP contribution is -2.28. The van der Waals surface area contributed by atoms with Crippen molar-refractivity contribution in [1.29, 1.82) is 0 Å². The van der Waals surface area contributed by atoms with E-state index in [4.69, 9.17) is 33.5 Å². The van der Waals surface area contributed by atoms with Crippen LogP contribution in [0.15, 0.2) is 0 Å². The molecule has 0 fully saturated rings. The summed E-state index contributed by atoms with van der Waals surface area (Å²) in [5, 5.41) is 14.6. The number of ether oxygens (including phenoxy) is 6. The number of unbranched alkanes of at least 4 members (excludes halogenated alkanes) is 15. The van der Waals surface area contributed by atoms with Crippen LogP contribution in [-0.4, -0.2) is 121 Å². The van der Waals surface area contributed by atoms with Crippen molar-refractivity contribution >= 4 is 33.7 Å². The fraction of sp³-hybridized carbons (Fsp3) is 0.917. The maximum atomic E-state index is 12.0. The molecule has 290 valence electrons. The van der Waals surface area contributed by atoms with E-state index in [9.17, 15) is 14.4 Å². The van der Waals surface area contributed by atoms with Crippen LogP contribution >= 0.6 is 15.9 Å². The fourth-order valence-electron chi connectivity index (χ4n) is 4.90. The van der Waals surface area contributed by atoms with E-state index in [1.54, 1.807) is 0 Å². The Morgan fingerprint density at radius 1 is 0.388 bits per heavy atom. The van der Waals surface area contributed by atoms with Crippen molar-refractivity contribution in [3.63, 3.8) is 0 Å². The molecule has 49 heavy (non-hydrogen) atoms. The van der Waals surface area contributed by atoms with Crippen LogP contribution in [0.3, 0.4) is 0 Å². The standard InChI is InChI=1S/C36H69BrN2O10/c37-33-35(41)39-20-22-45-24-26-47-28-30-49-32-31-48-29-27-46-25-23-44-21-19-38-34(40)17-15-13-11-9-7-5-3-1-2-4-6-8-10-12-14-16-18-36(42)43/h1-33H2,(H,38,40)(H,39,41)(H,42,43). The Morgan fingerprint density at radius 3 is 0.959 bits per heavy atom. The number of hydrogen-bond donors (Lipinski definition) is 3. The summed E-state index contributed by atoms with van der Waals surface area (Å²) in [5.74, 6) is -0.636. The minimum atomic E-state index is -0.678. The zero-order valence-corrected chi connectivity index (χ0v) is 31.9. The second kappa shape index (κ2) is 41.1. The lowest BCUT2D eigenvalue weighted by molar-refractivity contribution is -0.137. The lowest BCUT2D eigenvalue weighted by Gasteiger charge is -2.09. The van der Waals surface area contributed by atoms with E-state index < -0.39 is 5.97 Å². The molecule has 0 aliphatic rings. The predicted octanol–water partition coefficient (Wildman–Crippen LogP) is 5.82. The van der Waals surface area contributed by atoms with Gasteiger partial charge in [0.1, 0.15) is 0 Å². The SMILES string of the molecule is O=C(O)CCCCCCCCCCCCCCCCCCC(=O)NCCOCCOCCOCCOCCOCCOCCNC(=O)CBr. The minimum Gasteiger partial charge on any atom is -0.481 e. The van der Waals surface area contributed by atoms with Gasteiger partial charge in [-0.1, -0.05) is 106 Å². The Kier molecular flexibility index (Phi) is 39.9. The molecule has 0 atom stereocenters. The molecular formula is C36H69BrN2O10. The first-order chi connectivity index (χ1) is 24.1. The predicted molar refractivity (Wildman–Crippen MR) is 195 cm³/mol. The topological polar surface area (TPSA) is 151 Å². The largest absolute Gasteiger partial charge is 0.481 e. The molecule has 0 saturated heterocycles. The van der Waals surface area contributed by atoms with Crippen molar-refractivity contribution in [3.05, 3.63) is 0 Å². The second-order valence-electron chi connectivity index (χ2n) is 12.1. The molecule has 2 amide bonds. The molecule has 0 heterocycles. The van der Waals surface area contributed by atoms with Crippen molar-refractivity contribution in [2.24, 2.45) is 0 Å². The van der Waals surface area contributed by atoms with Gasteiger partial charge in [-0.05, 0) is 12.8 Å². The summed E-state index contributed by atoms with van der Waals surface area (Å²) in [6.07, 6.45) is 20.2. The Labute approximate surface area is 304 Å². The average molecular weight is 770 g/mol. The van der Waals surface area contributed by atoms with Gasteiger partial charge in [-0.25, -0.2) is 0 Å². The summed E-state index contributed by atoms with van der Waals surface area (Å²) < 4.78 is 32.7. The van der Waals surface area contributed by atoms with Crippen molar-refractivity contribution < 1.29 is 47.9 Å². The number of carboxylic acid groups (broad SMARTS) is 1. The monoisotopic (exact) mass is 768 g/mol. The number of carboxylic acids is 1. The average Bonchev–Trinajstić information content (AvgIpc) is 3.09. The second-order valence-corrected chi connectivity index (χ2v) is 12.6. The van der Waals surface area contributed by atoms with Crippen LogP contribution in [0.1, 0.15) is 116 Å². The van der Waals surface area contributed by atoms with Crippen LogP contribution < -0.4 is 10.6 Å². The van der Waals surface area contributed by atoms with Crippen LogP contribution in [0.25, 0.3) is 0 Å². The molecule has 0 rings (SSSR count). The van der Waals surface area contributed by atoms with E-state index >= 15 is 0 Å². The van der Waals surface area contributed by atoms with Crippen LogP contribution in [0.2, 0.25) is 0 Å². The smallest absolute Gasteiger partial charge is 0.303 e. The van der Waals surface area contributed by atoms with Gasteiger partial charge in [0.15, 0.2) is 0 Å². The third-order valence-corrected chi connectivity index (χ3v) is 8.17. The number of aliphatic carboxylic acids is 1. The van der Waals surface area contributed by atoms with E-state index in [0.29, 0.717) is 111 Å². The lowest BCUT2D eigenvalue weighted by atomic mass is 10.0. The highest BCUT2D eigenvalue weighted by molar-refractivity contribution is 9.09. The Hall–Kier alpha value is -1.35. The van der Waals surface area contributed by atoms with Crippen molar-refractivity contribution in [1.82, 2.24) is 10.6 Å². The highest BCUT2D eigenvalue weighted by Crippen LogP contribution is 2.14. The number of rotatable bonds is 41. The Morgan fingerprint density at radius 2 is 0.653 bits per heavy atom. The van der Waals surface area contributed by atoms with Crippen LogP contribution in [0, 0.1) is 0 Å². The minimum absolute atomic E-state index is 0.0574. The Balaban J connectivity index is 3.16. The highest BCUT2D eigenvalue weighted by atomic mass is 79.9. The first kappa shape index (κ1) is 47.7. The number of amides is 2. The summed E-state index contributed by atoms with van der Waals surface area (Å²) in [7, 11) is 0. The summed E-state index contributed by atoms with van der Waals surface area (Å²) in [4.78, 5) is 33.5. The quantitative estimate of drug-likeness (QED) is 0.0513. The highest BCUT2D eigenvalue weighted by Gasteiger charge is 2.02. The van der Waals surface area contributed by atoms with Crippen molar-refractivity contribution in [2.75, 3.05) is 97.7 Å². The molecule has 3 N–H and O–H groups in total. The maximum absolute atomic E-state index is 12.0. The molecule has 0 aliphatic heterocycles. The summed E-state index contributed by atoms with van der Waals surface area (Å²) in [6.45, 7) is 6.82. The Bertz CT molecular complexity index is 736. The normalized spacial score (nSPS) is 11.2. The first-order valence-corrected chi connectivity index (χ1v) is 20.0.